The lowest BCUT2D eigenvalue weighted by atomic mass is 9.96. The van der Waals surface area contributed by atoms with Crippen molar-refractivity contribution in [3.05, 3.63) is 0 Å². The van der Waals surface area contributed by atoms with Crippen molar-refractivity contribution in [1.29, 1.82) is 0 Å². The highest BCUT2D eigenvalue weighted by Crippen LogP contribution is 2.15. The van der Waals surface area contributed by atoms with Gasteiger partial charge in [0.2, 0.25) is 0 Å². The highest BCUT2D eigenvalue weighted by atomic mass is 16.4. The molecule has 2 atom stereocenters. The van der Waals surface area contributed by atoms with Crippen LogP contribution in [0.2, 0.25) is 0 Å². The third-order valence-corrected chi connectivity index (χ3v) is 3.54. The van der Waals surface area contributed by atoms with Crippen LogP contribution in [0.25, 0.3) is 0 Å². The molecule has 2 unspecified atom stereocenters. The zero-order valence-corrected chi connectivity index (χ0v) is 11.5. The lowest BCUT2D eigenvalue weighted by Crippen LogP contribution is -2.47. The SMILES string of the molecule is CC1CCCN(C(=O)NCC(C(=O)O)C(C)C)C1. The summed E-state index contributed by atoms with van der Waals surface area (Å²) in [6, 6.07) is -0.131. The molecule has 1 fully saturated rings. The molecule has 1 rings (SSSR count). The Labute approximate surface area is 109 Å². The number of carboxylic acids is 1. The Bertz CT molecular complexity index is 305. The first-order chi connectivity index (χ1) is 8.41. The van der Waals surface area contributed by atoms with E-state index in [0.29, 0.717) is 5.92 Å². The third-order valence-electron chi connectivity index (χ3n) is 3.54. The lowest BCUT2D eigenvalue weighted by Gasteiger charge is -2.31. The van der Waals surface area contributed by atoms with Crippen LogP contribution < -0.4 is 5.32 Å². The van der Waals surface area contributed by atoms with E-state index in [4.69, 9.17) is 5.11 Å². The number of aliphatic carboxylic acids is 1. The molecule has 104 valence electrons. The third kappa shape index (κ3) is 4.20. The summed E-state index contributed by atoms with van der Waals surface area (Å²) >= 11 is 0. The van der Waals surface area contributed by atoms with Crippen LogP contribution >= 0.6 is 0 Å². The smallest absolute Gasteiger partial charge is 0.317 e. The number of nitrogens with zero attached hydrogens (tertiary/aromatic N) is 1. The van der Waals surface area contributed by atoms with Gasteiger partial charge in [-0.05, 0) is 24.7 Å². The Morgan fingerprint density at radius 1 is 1.44 bits per heavy atom. The molecule has 0 aromatic heterocycles. The summed E-state index contributed by atoms with van der Waals surface area (Å²) in [6.07, 6.45) is 2.19. The van der Waals surface area contributed by atoms with E-state index in [1.807, 2.05) is 13.8 Å². The molecule has 1 saturated heterocycles. The van der Waals surface area contributed by atoms with Gasteiger partial charge in [0, 0.05) is 19.6 Å². The molecule has 0 aromatic rings. The first-order valence-electron chi connectivity index (χ1n) is 6.67. The monoisotopic (exact) mass is 256 g/mol. The van der Waals surface area contributed by atoms with Crippen molar-refractivity contribution in [2.45, 2.75) is 33.6 Å². The van der Waals surface area contributed by atoms with Crippen molar-refractivity contribution in [3.63, 3.8) is 0 Å². The number of piperidine rings is 1. The number of amides is 2. The number of carbonyl (C=O) groups excluding carboxylic acids is 1. The van der Waals surface area contributed by atoms with E-state index in [2.05, 4.69) is 12.2 Å². The molecule has 1 heterocycles. The maximum Gasteiger partial charge on any atom is 0.317 e. The molecule has 1 aliphatic rings. The molecule has 0 saturated carbocycles. The second-order valence-corrected chi connectivity index (χ2v) is 5.57. The minimum atomic E-state index is -0.850. The van der Waals surface area contributed by atoms with Gasteiger partial charge in [0.15, 0.2) is 0 Å². The zero-order chi connectivity index (χ0) is 13.7. The van der Waals surface area contributed by atoms with Crippen molar-refractivity contribution in [2.24, 2.45) is 17.8 Å². The van der Waals surface area contributed by atoms with Crippen LogP contribution in [0.5, 0.6) is 0 Å². The van der Waals surface area contributed by atoms with Gasteiger partial charge < -0.3 is 15.3 Å². The molecule has 1 aliphatic heterocycles. The van der Waals surface area contributed by atoms with E-state index < -0.39 is 11.9 Å². The lowest BCUT2D eigenvalue weighted by molar-refractivity contribution is -0.142. The molecule has 5 nitrogen and oxygen atoms in total. The summed E-state index contributed by atoms with van der Waals surface area (Å²) in [4.78, 5) is 24.7. The second-order valence-electron chi connectivity index (χ2n) is 5.57. The van der Waals surface area contributed by atoms with Gasteiger partial charge in [-0.25, -0.2) is 4.79 Å². The number of hydrogen-bond donors (Lipinski definition) is 2. The van der Waals surface area contributed by atoms with Gasteiger partial charge in [-0.1, -0.05) is 20.8 Å². The Hall–Kier alpha value is -1.26. The summed E-state index contributed by atoms with van der Waals surface area (Å²) in [6.45, 7) is 7.59. The van der Waals surface area contributed by atoms with Gasteiger partial charge in [-0.2, -0.15) is 0 Å². The first kappa shape index (κ1) is 14.8. The highest BCUT2D eigenvalue weighted by molar-refractivity contribution is 5.76. The minimum Gasteiger partial charge on any atom is -0.481 e. The molecule has 0 radical (unpaired) electrons. The van der Waals surface area contributed by atoms with Crippen molar-refractivity contribution in [1.82, 2.24) is 10.2 Å². The largest absolute Gasteiger partial charge is 0.481 e. The number of hydrogen-bond acceptors (Lipinski definition) is 2. The quantitative estimate of drug-likeness (QED) is 0.805. The topological polar surface area (TPSA) is 69.6 Å². The highest BCUT2D eigenvalue weighted by Gasteiger charge is 2.25. The molecule has 2 amide bonds. The standard InChI is InChI=1S/C13H24N2O3/c1-9(2)11(12(16)17)7-14-13(18)15-6-4-5-10(3)8-15/h9-11H,4-8H2,1-3H3,(H,14,18)(H,16,17). The van der Waals surface area contributed by atoms with E-state index >= 15 is 0 Å². The molecule has 5 heteroatoms. The molecular weight excluding hydrogens is 232 g/mol. The number of carbonyl (C=O) groups is 2. The number of likely N-dealkylation sites (tertiary alicyclic amines) is 1. The van der Waals surface area contributed by atoms with Crippen molar-refractivity contribution in [3.8, 4) is 0 Å². The number of carboxylic acid groups (broad SMARTS) is 1. The number of rotatable bonds is 4. The van der Waals surface area contributed by atoms with Gasteiger partial charge in [0.1, 0.15) is 0 Å². The van der Waals surface area contributed by atoms with Gasteiger partial charge in [0.05, 0.1) is 5.92 Å². The molecule has 18 heavy (non-hydrogen) atoms. The van der Waals surface area contributed by atoms with Crippen LogP contribution in [0.4, 0.5) is 4.79 Å². The fourth-order valence-corrected chi connectivity index (χ4v) is 2.29. The van der Waals surface area contributed by atoms with E-state index in [1.54, 1.807) is 4.90 Å². The van der Waals surface area contributed by atoms with E-state index in [1.165, 1.54) is 0 Å². The molecular formula is C13H24N2O3. The van der Waals surface area contributed by atoms with Crippen LogP contribution in [-0.2, 0) is 4.79 Å². The molecule has 0 aliphatic carbocycles. The zero-order valence-electron chi connectivity index (χ0n) is 11.5. The number of nitrogens with one attached hydrogen (secondary N) is 1. The number of urea groups is 1. The van der Waals surface area contributed by atoms with Gasteiger partial charge >= 0.3 is 12.0 Å². The minimum absolute atomic E-state index is 0.0167. The van der Waals surface area contributed by atoms with Crippen molar-refractivity contribution >= 4 is 12.0 Å². The maximum absolute atomic E-state index is 11.9. The Morgan fingerprint density at radius 2 is 2.11 bits per heavy atom. The van der Waals surface area contributed by atoms with Crippen LogP contribution in [0.1, 0.15) is 33.6 Å². The Morgan fingerprint density at radius 3 is 2.61 bits per heavy atom. The van der Waals surface area contributed by atoms with Crippen molar-refractivity contribution < 1.29 is 14.7 Å². The second kappa shape index (κ2) is 6.61. The normalized spacial score (nSPS) is 21.8. The predicted molar refractivity (Wildman–Crippen MR) is 69.3 cm³/mol. The Kier molecular flexibility index (Phi) is 5.44. The summed E-state index contributed by atoms with van der Waals surface area (Å²) in [5.74, 6) is -0.818. The van der Waals surface area contributed by atoms with E-state index in [0.717, 1.165) is 25.9 Å². The van der Waals surface area contributed by atoms with Crippen LogP contribution in [0, 0.1) is 17.8 Å². The summed E-state index contributed by atoms with van der Waals surface area (Å²) in [5, 5.41) is 11.8. The Balaban J connectivity index is 2.42. The summed E-state index contributed by atoms with van der Waals surface area (Å²) in [7, 11) is 0. The first-order valence-corrected chi connectivity index (χ1v) is 6.67. The van der Waals surface area contributed by atoms with E-state index in [-0.39, 0.29) is 18.5 Å². The average molecular weight is 256 g/mol. The van der Waals surface area contributed by atoms with Gasteiger partial charge in [-0.3, -0.25) is 4.79 Å². The van der Waals surface area contributed by atoms with Crippen LogP contribution in [-0.4, -0.2) is 41.6 Å². The maximum atomic E-state index is 11.9. The van der Waals surface area contributed by atoms with Crippen LogP contribution in [0.15, 0.2) is 0 Å². The molecule has 2 N–H and O–H groups in total. The van der Waals surface area contributed by atoms with Gasteiger partial charge in [0.25, 0.3) is 0 Å². The van der Waals surface area contributed by atoms with Gasteiger partial charge in [-0.15, -0.1) is 0 Å². The fourth-order valence-electron chi connectivity index (χ4n) is 2.29. The fraction of sp³-hybridized carbons (Fsp3) is 0.846. The average Bonchev–Trinajstić information content (AvgIpc) is 2.28. The van der Waals surface area contributed by atoms with Crippen molar-refractivity contribution in [2.75, 3.05) is 19.6 Å². The summed E-state index contributed by atoms with van der Waals surface area (Å²) in [5.41, 5.74) is 0. The molecule has 0 spiro atoms. The predicted octanol–water partition coefficient (Wildman–Crippen LogP) is 1.78. The molecule has 0 aromatic carbocycles. The molecule has 0 bridgehead atoms. The van der Waals surface area contributed by atoms with Crippen LogP contribution in [0.3, 0.4) is 0 Å². The summed E-state index contributed by atoms with van der Waals surface area (Å²) < 4.78 is 0. The van der Waals surface area contributed by atoms with E-state index in [9.17, 15) is 9.59 Å².